The van der Waals surface area contributed by atoms with Gasteiger partial charge in [0.15, 0.2) is 0 Å². The first kappa shape index (κ1) is 7.88. The van der Waals surface area contributed by atoms with Gasteiger partial charge in [-0.15, -0.1) is 0 Å². The summed E-state index contributed by atoms with van der Waals surface area (Å²) >= 11 is 0. The molecule has 2 rings (SSSR count). The minimum absolute atomic E-state index is 0.113. The number of rotatable bonds is 3. The minimum Gasteiger partial charge on any atom is -0.465 e. The highest BCUT2D eigenvalue weighted by Gasteiger charge is 2.08. The Morgan fingerprint density at radius 1 is 1.17 bits per heavy atom. The normalized spacial score (nSPS) is 13.6. The third-order valence-electron chi connectivity index (χ3n) is 2.35. The topological polar surface area (TPSA) is 26.3 Å². The molecule has 18 heavy (non-hydrogen) atoms. The number of esters is 1. The van der Waals surface area contributed by atoms with E-state index in [1.807, 2.05) is 30.3 Å². The molecule has 0 bridgehead atoms. The van der Waals surface area contributed by atoms with Gasteiger partial charge >= 0.3 is 5.97 Å². The number of hydrogen-bond donors (Lipinski definition) is 0. The summed E-state index contributed by atoms with van der Waals surface area (Å²) in [5, 5.41) is 0. The van der Waals surface area contributed by atoms with Crippen molar-refractivity contribution in [2.24, 2.45) is 0 Å². The predicted molar refractivity (Wildman–Crippen MR) is 73.2 cm³/mol. The monoisotopic (exact) mass is 242 g/mol. The fourth-order valence-corrected chi connectivity index (χ4v) is 1.45. The molecular formula is C16H14O2. The Hall–Kier alpha value is -2.35. The van der Waals surface area contributed by atoms with Gasteiger partial charge in [0, 0.05) is 0 Å². The van der Waals surface area contributed by atoms with Crippen LogP contribution >= 0.6 is 0 Å². The molecule has 0 atom stereocenters. The zero-order valence-electron chi connectivity index (χ0n) is 13.9. The van der Waals surface area contributed by atoms with Crippen molar-refractivity contribution < 1.29 is 15.0 Å². The lowest BCUT2D eigenvalue weighted by atomic mass is 10.1. The first-order chi connectivity index (χ1) is 10.5. The second-order valence-electron chi connectivity index (χ2n) is 3.52. The van der Waals surface area contributed by atoms with Crippen LogP contribution in [0.5, 0.6) is 0 Å². The highest BCUT2D eigenvalue weighted by Crippen LogP contribution is 2.14. The fraction of sp³-hybridized carbons (Fsp3) is 0.0625. The number of hydrogen-bond acceptors (Lipinski definition) is 2. The summed E-state index contributed by atoms with van der Waals surface area (Å²) in [6.45, 7) is 0. The molecule has 0 saturated heterocycles. The number of ether oxygens (including phenoxy) is 1. The van der Waals surface area contributed by atoms with E-state index in [4.69, 9.17) is 5.48 Å². The summed E-state index contributed by atoms with van der Waals surface area (Å²) in [6, 6.07) is 7.75. The third kappa shape index (κ3) is 2.86. The third-order valence-corrected chi connectivity index (χ3v) is 2.35. The first-order valence-electron chi connectivity index (χ1n) is 7.39. The van der Waals surface area contributed by atoms with E-state index in [-0.39, 0.29) is 23.2 Å². The van der Waals surface area contributed by atoms with Crippen LogP contribution in [0.2, 0.25) is 0 Å². The summed E-state index contributed by atoms with van der Waals surface area (Å²) in [7, 11) is 1.17. The number of carbonyl (C=O) groups is 1. The van der Waals surface area contributed by atoms with E-state index in [0.29, 0.717) is 0 Å². The molecule has 0 saturated carbocycles. The Morgan fingerprint density at radius 3 is 2.61 bits per heavy atom. The SMILES string of the molecule is [2H]c1c([2H])c([2H])c(C(=O)OC)c(/C=C/c2ccccc2)c1[2H]. The van der Waals surface area contributed by atoms with Crippen LogP contribution in [0.25, 0.3) is 12.2 Å². The zero-order chi connectivity index (χ0) is 16.3. The van der Waals surface area contributed by atoms with E-state index >= 15 is 0 Å². The molecule has 0 amide bonds. The lowest BCUT2D eigenvalue weighted by molar-refractivity contribution is 0.0600. The molecule has 0 N–H and O–H groups in total. The Labute approximate surface area is 112 Å². The number of carbonyl (C=O) groups excluding carboxylic acids is 1. The van der Waals surface area contributed by atoms with Gasteiger partial charge in [-0.1, -0.05) is 60.6 Å². The summed E-state index contributed by atoms with van der Waals surface area (Å²) in [6.07, 6.45) is 3.18. The molecule has 90 valence electrons. The molecule has 0 aliphatic rings. The van der Waals surface area contributed by atoms with Crippen LogP contribution in [0.3, 0.4) is 0 Å². The maximum absolute atomic E-state index is 11.9. The van der Waals surface area contributed by atoms with E-state index in [0.717, 1.165) is 5.56 Å². The average Bonchev–Trinajstić information content (AvgIpc) is 2.55. The maximum Gasteiger partial charge on any atom is 0.338 e. The molecule has 0 aromatic heterocycles. The summed E-state index contributed by atoms with van der Waals surface area (Å²) < 4.78 is 35.8. The smallest absolute Gasteiger partial charge is 0.338 e. The Morgan fingerprint density at radius 2 is 1.89 bits per heavy atom. The van der Waals surface area contributed by atoms with Gasteiger partial charge in [-0.05, 0) is 17.2 Å². The van der Waals surface area contributed by atoms with Crippen molar-refractivity contribution in [3.05, 3.63) is 71.2 Å². The van der Waals surface area contributed by atoms with E-state index < -0.39 is 18.1 Å². The van der Waals surface area contributed by atoms with Crippen LogP contribution < -0.4 is 0 Å². The predicted octanol–water partition coefficient (Wildman–Crippen LogP) is 3.64. The molecule has 2 heteroatoms. The summed E-state index contributed by atoms with van der Waals surface area (Å²) in [4.78, 5) is 11.9. The Kier molecular flexibility index (Phi) is 2.55. The van der Waals surface area contributed by atoms with Crippen LogP contribution in [0.15, 0.2) is 54.5 Å². The van der Waals surface area contributed by atoms with Gasteiger partial charge in [0.2, 0.25) is 0 Å². The van der Waals surface area contributed by atoms with E-state index in [1.54, 1.807) is 6.08 Å². The van der Waals surface area contributed by atoms with Gasteiger partial charge in [0.25, 0.3) is 0 Å². The molecule has 2 aromatic rings. The van der Waals surface area contributed by atoms with Crippen LogP contribution in [0, 0.1) is 0 Å². The van der Waals surface area contributed by atoms with Crippen LogP contribution in [0.1, 0.15) is 27.0 Å². The molecule has 0 heterocycles. The average molecular weight is 242 g/mol. The quantitative estimate of drug-likeness (QED) is 0.606. The fourth-order valence-electron chi connectivity index (χ4n) is 1.45. The second kappa shape index (κ2) is 5.82. The van der Waals surface area contributed by atoms with Gasteiger partial charge in [0.05, 0.1) is 18.2 Å². The first-order valence-corrected chi connectivity index (χ1v) is 5.39. The van der Waals surface area contributed by atoms with Gasteiger partial charge in [0.1, 0.15) is 0 Å². The molecule has 0 fully saturated rings. The van der Waals surface area contributed by atoms with Crippen LogP contribution in [-0.2, 0) is 4.74 Å². The van der Waals surface area contributed by atoms with Crippen LogP contribution in [0.4, 0.5) is 0 Å². The van der Waals surface area contributed by atoms with E-state index in [9.17, 15) is 4.79 Å². The standard InChI is InChI=1S/C16H14O2/c1-18-16(17)15-10-6-5-9-14(15)12-11-13-7-3-2-4-8-13/h2-12H,1H3/b12-11+/i5D,6D,9D,10D. The van der Waals surface area contributed by atoms with Gasteiger partial charge in [-0.25, -0.2) is 4.79 Å². The largest absolute Gasteiger partial charge is 0.465 e. The van der Waals surface area contributed by atoms with Crippen molar-refractivity contribution in [3.63, 3.8) is 0 Å². The minimum atomic E-state index is -0.792. The van der Waals surface area contributed by atoms with E-state index in [2.05, 4.69) is 4.74 Å². The molecule has 0 aliphatic heterocycles. The number of methoxy groups -OCH3 is 1. The molecular weight excluding hydrogens is 224 g/mol. The second-order valence-corrected chi connectivity index (χ2v) is 3.52. The van der Waals surface area contributed by atoms with Gasteiger partial charge in [-0.2, -0.15) is 0 Å². The molecule has 0 aliphatic carbocycles. The van der Waals surface area contributed by atoms with Crippen molar-refractivity contribution in [3.8, 4) is 0 Å². The van der Waals surface area contributed by atoms with Crippen molar-refractivity contribution in [2.75, 3.05) is 7.11 Å². The maximum atomic E-state index is 11.9. The van der Waals surface area contributed by atoms with Crippen LogP contribution in [-0.4, -0.2) is 13.1 Å². The summed E-state index contributed by atoms with van der Waals surface area (Å²) in [5.74, 6) is -0.792. The molecule has 0 unspecified atom stereocenters. The Bertz CT molecular complexity index is 740. The highest BCUT2D eigenvalue weighted by molar-refractivity contribution is 5.94. The molecule has 0 spiro atoms. The van der Waals surface area contributed by atoms with Crippen molar-refractivity contribution in [2.45, 2.75) is 0 Å². The molecule has 0 radical (unpaired) electrons. The highest BCUT2D eigenvalue weighted by atomic mass is 16.5. The Balaban J connectivity index is 2.63. The van der Waals surface area contributed by atoms with Crippen molar-refractivity contribution in [1.82, 2.24) is 0 Å². The van der Waals surface area contributed by atoms with Crippen molar-refractivity contribution in [1.29, 1.82) is 0 Å². The lowest BCUT2D eigenvalue weighted by Crippen LogP contribution is -2.02. The van der Waals surface area contributed by atoms with Gasteiger partial charge < -0.3 is 4.74 Å². The zero-order valence-corrected chi connectivity index (χ0v) is 9.86. The van der Waals surface area contributed by atoms with E-state index in [1.165, 1.54) is 13.2 Å². The summed E-state index contributed by atoms with van der Waals surface area (Å²) in [5.41, 5.74) is 0.799. The number of benzene rings is 2. The van der Waals surface area contributed by atoms with Gasteiger partial charge in [-0.3, -0.25) is 0 Å². The lowest BCUT2D eigenvalue weighted by Gasteiger charge is -2.03. The van der Waals surface area contributed by atoms with Crippen molar-refractivity contribution >= 4 is 18.1 Å². The molecule has 2 aromatic carbocycles. The molecule has 2 nitrogen and oxygen atoms in total.